The highest BCUT2D eigenvalue weighted by Crippen LogP contribution is 2.50. The lowest BCUT2D eigenvalue weighted by atomic mass is 10.0. The Bertz CT molecular complexity index is 1150. The number of rotatable bonds is 7. The first-order valence-corrected chi connectivity index (χ1v) is 9.67. The van der Waals surface area contributed by atoms with Crippen molar-refractivity contribution < 1.29 is 9.59 Å². The van der Waals surface area contributed by atoms with Gasteiger partial charge in [-0.15, -0.1) is 0 Å². The molecular formula is C21H23N7O2. The average Bonchev–Trinajstić information content (AvgIpc) is 3.44. The van der Waals surface area contributed by atoms with E-state index in [2.05, 4.69) is 25.6 Å². The minimum absolute atomic E-state index is 0.0406. The van der Waals surface area contributed by atoms with Crippen LogP contribution in [0.3, 0.4) is 0 Å². The van der Waals surface area contributed by atoms with E-state index in [-0.39, 0.29) is 23.3 Å². The second-order valence-corrected chi connectivity index (χ2v) is 7.87. The fraction of sp³-hybridized carbons (Fsp3) is 0.286. The molecule has 9 heteroatoms. The standard InChI is InChI=1S/C21H23N7O2/c1-11(2)14-8-21(14,20(23)30)28-19-17(18(22)29)25-10-16(27-19)26-13-7-12-5-3-4-6-15(12)24-9-13/h3-7,9-11,14H,8H2,1-2H3,(H2,22,29)(H2,23,30)(H2,26,27,28). The van der Waals surface area contributed by atoms with Crippen LogP contribution in [0.4, 0.5) is 17.3 Å². The first-order chi connectivity index (χ1) is 14.3. The molecule has 0 bridgehead atoms. The number of hydrogen-bond donors (Lipinski definition) is 4. The Kier molecular flexibility index (Phi) is 4.73. The summed E-state index contributed by atoms with van der Waals surface area (Å²) in [6.07, 6.45) is 3.65. The van der Waals surface area contributed by atoms with E-state index in [1.54, 1.807) is 6.20 Å². The number of carbonyl (C=O) groups is 2. The summed E-state index contributed by atoms with van der Waals surface area (Å²) in [4.78, 5) is 37.0. The maximum atomic E-state index is 12.2. The summed E-state index contributed by atoms with van der Waals surface area (Å²) in [7, 11) is 0. The number of nitrogens with zero attached hydrogens (tertiary/aromatic N) is 3. The summed E-state index contributed by atoms with van der Waals surface area (Å²) in [5.74, 6) is -0.455. The number of nitrogens with two attached hydrogens (primary N) is 2. The molecule has 0 aliphatic heterocycles. The summed E-state index contributed by atoms with van der Waals surface area (Å²) in [5, 5.41) is 7.15. The predicted octanol–water partition coefficient (Wildman–Crippen LogP) is 2.18. The summed E-state index contributed by atoms with van der Waals surface area (Å²) in [6, 6.07) is 9.66. The highest BCUT2D eigenvalue weighted by atomic mass is 16.2. The molecule has 9 nitrogen and oxygen atoms in total. The molecule has 4 rings (SSSR count). The van der Waals surface area contributed by atoms with Crippen LogP contribution in [0.2, 0.25) is 0 Å². The Morgan fingerprint density at radius 1 is 1.17 bits per heavy atom. The van der Waals surface area contributed by atoms with Crippen LogP contribution < -0.4 is 22.1 Å². The third kappa shape index (κ3) is 3.49. The van der Waals surface area contributed by atoms with Crippen molar-refractivity contribution in [1.82, 2.24) is 15.0 Å². The Balaban J connectivity index is 1.66. The maximum Gasteiger partial charge on any atom is 0.271 e. The lowest BCUT2D eigenvalue weighted by Gasteiger charge is -2.20. The number of carbonyl (C=O) groups excluding carboxylic acids is 2. The molecule has 2 unspecified atom stereocenters. The van der Waals surface area contributed by atoms with E-state index >= 15 is 0 Å². The Labute approximate surface area is 173 Å². The number of para-hydroxylation sites is 1. The topological polar surface area (TPSA) is 149 Å². The van der Waals surface area contributed by atoms with Gasteiger partial charge in [0.25, 0.3) is 5.91 Å². The molecule has 30 heavy (non-hydrogen) atoms. The molecule has 1 fully saturated rings. The molecule has 2 heterocycles. The highest BCUT2D eigenvalue weighted by Gasteiger charge is 2.60. The molecule has 1 aliphatic rings. The van der Waals surface area contributed by atoms with Gasteiger partial charge in [0.05, 0.1) is 23.6 Å². The van der Waals surface area contributed by atoms with Crippen LogP contribution >= 0.6 is 0 Å². The minimum Gasteiger partial charge on any atom is -0.368 e. The molecule has 3 aromatic rings. The van der Waals surface area contributed by atoms with Gasteiger partial charge in [-0.2, -0.15) is 0 Å². The van der Waals surface area contributed by atoms with Gasteiger partial charge in [0.15, 0.2) is 17.3 Å². The normalized spacial score (nSPS) is 20.2. The van der Waals surface area contributed by atoms with Gasteiger partial charge in [-0.1, -0.05) is 32.0 Å². The van der Waals surface area contributed by atoms with E-state index in [1.165, 1.54) is 6.20 Å². The number of aromatic nitrogens is 3. The van der Waals surface area contributed by atoms with E-state index < -0.39 is 17.4 Å². The van der Waals surface area contributed by atoms with Crippen molar-refractivity contribution in [2.45, 2.75) is 25.8 Å². The van der Waals surface area contributed by atoms with Gasteiger partial charge < -0.3 is 22.1 Å². The van der Waals surface area contributed by atoms with Gasteiger partial charge >= 0.3 is 0 Å². The minimum atomic E-state index is -0.962. The molecule has 2 aromatic heterocycles. The molecule has 0 radical (unpaired) electrons. The van der Waals surface area contributed by atoms with Gasteiger partial charge in [-0.3, -0.25) is 14.6 Å². The second-order valence-electron chi connectivity index (χ2n) is 7.87. The van der Waals surface area contributed by atoms with E-state index in [9.17, 15) is 9.59 Å². The van der Waals surface area contributed by atoms with Crippen LogP contribution in [0, 0.1) is 11.8 Å². The predicted molar refractivity (Wildman–Crippen MR) is 114 cm³/mol. The van der Waals surface area contributed by atoms with Gasteiger partial charge in [-0.05, 0) is 30.4 Å². The molecule has 1 saturated carbocycles. The van der Waals surface area contributed by atoms with Crippen molar-refractivity contribution in [3.8, 4) is 0 Å². The first kappa shape index (κ1) is 19.6. The zero-order valence-electron chi connectivity index (χ0n) is 16.7. The van der Waals surface area contributed by atoms with Crippen LogP contribution in [0.1, 0.15) is 30.8 Å². The smallest absolute Gasteiger partial charge is 0.271 e. The largest absolute Gasteiger partial charge is 0.368 e. The Morgan fingerprint density at radius 3 is 2.60 bits per heavy atom. The highest BCUT2D eigenvalue weighted by molar-refractivity contribution is 5.98. The van der Waals surface area contributed by atoms with Crippen molar-refractivity contribution in [3.63, 3.8) is 0 Å². The fourth-order valence-electron chi connectivity index (χ4n) is 3.80. The first-order valence-electron chi connectivity index (χ1n) is 9.67. The van der Waals surface area contributed by atoms with Crippen molar-refractivity contribution in [3.05, 3.63) is 48.4 Å². The number of amides is 2. The van der Waals surface area contributed by atoms with Crippen molar-refractivity contribution in [2.75, 3.05) is 10.6 Å². The molecule has 1 aromatic carbocycles. The van der Waals surface area contributed by atoms with Crippen LogP contribution in [0.5, 0.6) is 0 Å². The summed E-state index contributed by atoms with van der Waals surface area (Å²) in [5.41, 5.74) is 11.7. The maximum absolute atomic E-state index is 12.2. The number of hydrogen-bond acceptors (Lipinski definition) is 7. The molecule has 6 N–H and O–H groups in total. The van der Waals surface area contributed by atoms with Crippen molar-refractivity contribution in [2.24, 2.45) is 23.3 Å². The number of anilines is 3. The third-order valence-corrected chi connectivity index (χ3v) is 5.47. The fourth-order valence-corrected chi connectivity index (χ4v) is 3.80. The van der Waals surface area contributed by atoms with Gasteiger partial charge in [-0.25, -0.2) is 9.97 Å². The average molecular weight is 405 g/mol. The molecular weight excluding hydrogens is 382 g/mol. The lowest BCUT2D eigenvalue weighted by Crippen LogP contribution is -2.41. The van der Waals surface area contributed by atoms with Crippen LogP contribution in [-0.4, -0.2) is 32.3 Å². The lowest BCUT2D eigenvalue weighted by molar-refractivity contribution is -0.120. The Hall–Kier alpha value is -3.75. The van der Waals surface area contributed by atoms with Gasteiger partial charge in [0, 0.05) is 5.39 Å². The molecule has 2 atom stereocenters. The SMILES string of the molecule is CC(C)C1CC1(Nc1nc(Nc2cnc3ccccc3c2)cnc1C(N)=O)C(N)=O. The Morgan fingerprint density at radius 2 is 1.93 bits per heavy atom. The van der Waals surface area contributed by atoms with Gasteiger partial charge in [0.2, 0.25) is 5.91 Å². The van der Waals surface area contributed by atoms with E-state index in [4.69, 9.17) is 11.5 Å². The number of benzene rings is 1. The number of nitrogens with one attached hydrogen (secondary N) is 2. The number of fused-ring (bicyclic) bond motifs is 1. The summed E-state index contributed by atoms with van der Waals surface area (Å²) < 4.78 is 0. The summed E-state index contributed by atoms with van der Waals surface area (Å²) >= 11 is 0. The molecule has 0 saturated heterocycles. The number of pyridine rings is 1. The van der Waals surface area contributed by atoms with Crippen LogP contribution in [0.25, 0.3) is 10.9 Å². The monoisotopic (exact) mass is 405 g/mol. The second kappa shape index (κ2) is 7.25. The number of primary amides is 2. The third-order valence-electron chi connectivity index (χ3n) is 5.47. The zero-order chi connectivity index (χ0) is 21.5. The molecule has 1 aliphatic carbocycles. The molecule has 2 amide bonds. The molecule has 154 valence electrons. The van der Waals surface area contributed by atoms with Crippen molar-refractivity contribution in [1.29, 1.82) is 0 Å². The van der Waals surface area contributed by atoms with Crippen molar-refractivity contribution >= 4 is 40.0 Å². The van der Waals surface area contributed by atoms with Crippen LogP contribution in [0.15, 0.2) is 42.7 Å². The van der Waals surface area contributed by atoms with E-state index in [0.29, 0.717) is 17.9 Å². The zero-order valence-corrected chi connectivity index (χ0v) is 16.7. The summed E-state index contributed by atoms with van der Waals surface area (Å²) in [6.45, 7) is 4.03. The van der Waals surface area contributed by atoms with Gasteiger partial charge in [0.1, 0.15) is 5.54 Å². The quantitative estimate of drug-likeness (QED) is 0.470. The van der Waals surface area contributed by atoms with E-state index in [0.717, 1.165) is 10.9 Å². The molecule has 0 spiro atoms. The van der Waals surface area contributed by atoms with E-state index in [1.807, 2.05) is 44.2 Å². The van der Waals surface area contributed by atoms with Crippen LogP contribution in [-0.2, 0) is 4.79 Å².